The van der Waals surface area contributed by atoms with Crippen molar-refractivity contribution in [2.24, 2.45) is 0 Å². The summed E-state index contributed by atoms with van der Waals surface area (Å²) in [5.74, 6) is 1.20. The highest BCUT2D eigenvalue weighted by Crippen LogP contribution is 2.14. The van der Waals surface area contributed by atoms with Gasteiger partial charge in [-0.2, -0.15) is 0 Å². The molecule has 1 aromatic heterocycles. The summed E-state index contributed by atoms with van der Waals surface area (Å²) in [4.78, 5) is 17.3. The number of thioether (sulfide) groups is 1. The van der Waals surface area contributed by atoms with E-state index in [2.05, 4.69) is 9.97 Å². The second-order valence-corrected chi connectivity index (χ2v) is 3.46. The van der Waals surface area contributed by atoms with Crippen LogP contribution in [0.3, 0.4) is 0 Å². The molecule has 0 atom stereocenters. The molecule has 1 heterocycles. The third kappa shape index (κ3) is 3.16. The van der Waals surface area contributed by atoms with E-state index in [1.807, 2.05) is 0 Å². The van der Waals surface area contributed by atoms with Crippen LogP contribution in [0.2, 0.25) is 0 Å². The average molecular weight is 220 g/mol. The molecule has 0 fully saturated rings. The predicted octanol–water partition coefficient (Wildman–Crippen LogP) is 1.72. The highest BCUT2D eigenvalue weighted by molar-refractivity contribution is 7.99. The van der Waals surface area contributed by atoms with Crippen LogP contribution in [-0.2, 0) is 0 Å². The van der Waals surface area contributed by atoms with Gasteiger partial charge in [0.05, 0.1) is 4.92 Å². The van der Waals surface area contributed by atoms with Gasteiger partial charge in [-0.25, -0.2) is 9.97 Å². The van der Waals surface area contributed by atoms with E-state index in [1.165, 1.54) is 24.2 Å². The molecule has 0 aliphatic rings. The predicted molar refractivity (Wildman–Crippen MR) is 50.1 cm³/mol. The molecule has 7 heteroatoms. The quantitative estimate of drug-likeness (QED) is 0.254. The van der Waals surface area contributed by atoms with Crippen molar-refractivity contribution in [1.82, 2.24) is 9.97 Å². The Bertz CT molecular complexity index is 292. The van der Waals surface area contributed by atoms with Gasteiger partial charge in [0.25, 0.3) is 0 Å². The molecule has 0 bridgehead atoms. The molecule has 13 heavy (non-hydrogen) atoms. The van der Waals surface area contributed by atoms with Crippen LogP contribution in [-0.4, -0.2) is 26.5 Å². The minimum Gasteiger partial charge on any atom is -0.258 e. The zero-order valence-corrected chi connectivity index (χ0v) is 8.09. The van der Waals surface area contributed by atoms with E-state index >= 15 is 0 Å². The molecular formula is C6H6ClN3O2S. The Morgan fingerprint density at radius 2 is 2.15 bits per heavy atom. The second-order valence-electron chi connectivity index (χ2n) is 2.02. The molecule has 0 unspecified atom stereocenters. The summed E-state index contributed by atoms with van der Waals surface area (Å²) >= 11 is 6.81. The Labute approximate surface area is 83.7 Å². The maximum absolute atomic E-state index is 10.2. The molecule has 5 nitrogen and oxygen atoms in total. The molecule has 0 amide bonds. The van der Waals surface area contributed by atoms with Crippen LogP contribution in [0.25, 0.3) is 0 Å². The van der Waals surface area contributed by atoms with Crippen molar-refractivity contribution in [3.05, 3.63) is 22.5 Å². The summed E-state index contributed by atoms with van der Waals surface area (Å²) in [7, 11) is 0. The lowest BCUT2D eigenvalue weighted by Crippen LogP contribution is -1.93. The van der Waals surface area contributed by atoms with Gasteiger partial charge >= 0.3 is 5.69 Å². The lowest BCUT2D eigenvalue weighted by Gasteiger charge is -1.95. The largest absolute Gasteiger partial charge is 0.305 e. The van der Waals surface area contributed by atoms with Crippen LogP contribution < -0.4 is 0 Å². The molecule has 0 aliphatic heterocycles. The first-order chi connectivity index (χ1) is 6.24. The van der Waals surface area contributed by atoms with Gasteiger partial charge in [0, 0.05) is 11.6 Å². The number of rotatable bonds is 4. The van der Waals surface area contributed by atoms with Crippen molar-refractivity contribution in [3.63, 3.8) is 0 Å². The molecule has 70 valence electrons. The Hall–Kier alpha value is -0.880. The molecular weight excluding hydrogens is 214 g/mol. The fourth-order valence-corrected chi connectivity index (χ4v) is 1.35. The Kier molecular flexibility index (Phi) is 3.91. The van der Waals surface area contributed by atoms with Gasteiger partial charge < -0.3 is 0 Å². The van der Waals surface area contributed by atoms with Crippen molar-refractivity contribution >= 4 is 29.1 Å². The maximum atomic E-state index is 10.2. The molecule has 0 saturated heterocycles. The van der Waals surface area contributed by atoms with Crippen molar-refractivity contribution in [3.8, 4) is 0 Å². The van der Waals surface area contributed by atoms with E-state index in [9.17, 15) is 10.1 Å². The van der Waals surface area contributed by atoms with Gasteiger partial charge in [0.1, 0.15) is 12.4 Å². The topological polar surface area (TPSA) is 68.9 Å². The van der Waals surface area contributed by atoms with E-state index < -0.39 is 4.92 Å². The summed E-state index contributed by atoms with van der Waals surface area (Å²) in [6.45, 7) is 0. The van der Waals surface area contributed by atoms with Gasteiger partial charge in [-0.1, -0.05) is 11.8 Å². The maximum Gasteiger partial charge on any atom is 0.305 e. The summed E-state index contributed by atoms with van der Waals surface area (Å²) in [6.07, 6.45) is 2.37. The number of hydrogen-bond acceptors (Lipinski definition) is 5. The molecule has 0 spiro atoms. The SMILES string of the molecule is O=[N+]([O-])c1cnc(SCCCl)nc1. The van der Waals surface area contributed by atoms with Crippen LogP contribution in [0.5, 0.6) is 0 Å². The van der Waals surface area contributed by atoms with E-state index in [1.54, 1.807) is 0 Å². The standard InChI is InChI=1S/C6H6ClN3O2S/c7-1-2-13-6-8-3-5(4-9-6)10(11)12/h3-4H,1-2H2. The van der Waals surface area contributed by atoms with E-state index in [-0.39, 0.29) is 5.69 Å². The van der Waals surface area contributed by atoms with E-state index in [0.29, 0.717) is 16.8 Å². The summed E-state index contributed by atoms with van der Waals surface area (Å²) in [5, 5.41) is 10.7. The third-order valence-corrected chi connectivity index (χ3v) is 2.42. The Morgan fingerprint density at radius 1 is 1.54 bits per heavy atom. The van der Waals surface area contributed by atoms with Crippen LogP contribution >= 0.6 is 23.4 Å². The fourth-order valence-electron chi connectivity index (χ4n) is 0.608. The Balaban J connectivity index is 2.64. The van der Waals surface area contributed by atoms with Crippen LogP contribution in [0, 0.1) is 10.1 Å². The minimum absolute atomic E-state index is 0.102. The molecule has 1 rings (SSSR count). The first-order valence-corrected chi connectivity index (χ1v) is 4.91. The number of hydrogen-bond donors (Lipinski definition) is 0. The van der Waals surface area contributed by atoms with Crippen LogP contribution in [0.1, 0.15) is 0 Å². The molecule has 0 aromatic carbocycles. The number of aromatic nitrogens is 2. The van der Waals surface area contributed by atoms with Crippen molar-refractivity contribution < 1.29 is 4.92 Å². The zero-order chi connectivity index (χ0) is 9.68. The van der Waals surface area contributed by atoms with Crippen molar-refractivity contribution in [2.75, 3.05) is 11.6 Å². The van der Waals surface area contributed by atoms with E-state index in [4.69, 9.17) is 11.6 Å². The van der Waals surface area contributed by atoms with Gasteiger partial charge in [0.2, 0.25) is 0 Å². The van der Waals surface area contributed by atoms with E-state index in [0.717, 1.165) is 0 Å². The zero-order valence-electron chi connectivity index (χ0n) is 6.51. The minimum atomic E-state index is -0.532. The average Bonchev–Trinajstić information content (AvgIpc) is 2.15. The molecule has 1 aromatic rings. The summed E-state index contributed by atoms with van der Waals surface area (Å²) < 4.78 is 0. The number of halogens is 1. The van der Waals surface area contributed by atoms with Crippen molar-refractivity contribution in [1.29, 1.82) is 0 Å². The van der Waals surface area contributed by atoms with Gasteiger partial charge in [-0.15, -0.1) is 11.6 Å². The molecule has 0 saturated carbocycles. The fraction of sp³-hybridized carbons (Fsp3) is 0.333. The first-order valence-electron chi connectivity index (χ1n) is 3.39. The van der Waals surface area contributed by atoms with Gasteiger partial charge in [-0.3, -0.25) is 10.1 Å². The first kappa shape index (κ1) is 10.2. The third-order valence-electron chi connectivity index (χ3n) is 1.13. The molecule has 0 aliphatic carbocycles. The summed E-state index contributed by atoms with van der Waals surface area (Å²) in [6, 6.07) is 0. The normalized spacial score (nSPS) is 9.92. The molecule has 0 radical (unpaired) electrons. The number of nitro groups is 1. The number of nitrogens with zero attached hydrogens (tertiary/aromatic N) is 3. The highest BCUT2D eigenvalue weighted by atomic mass is 35.5. The number of alkyl halides is 1. The molecule has 0 N–H and O–H groups in total. The Morgan fingerprint density at radius 3 is 2.62 bits per heavy atom. The monoisotopic (exact) mass is 219 g/mol. The van der Waals surface area contributed by atoms with Crippen LogP contribution in [0.15, 0.2) is 17.6 Å². The summed E-state index contributed by atoms with van der Waals surface area (Å²) in [5.41, 5.74) is -0.102. The van der Waals surface area contributed by atoms with Gasteiger partial charge in [0.15, 0.2) is 5.16 Å². The lowest BCUT2D eigenvalue weighted by molar-refractivity contribution is -0.385. The van der Waals surface area contributed by atoms with Gasteiger partial charge in [-0.05, 0) is 0 Å². The highest BCUT2D eigenvalue weighted by Gasteiger charge is 2.06. The lowest BCUT2D eigenvalue weighted by atomic mass is 10.6. The second kappa shape index (κ2) is 4.98. The van der Waals surface area contributed by atoms with Crippen molar-refractivity contribution in [2.45, 2.75) is 5.16 Å². The smallest absolute Gasteiger partial charge is 0.258 e. The van der Waals surface area contributed by atoms with Crippen LogP contribution in [0.4, 0.5) is 5.69 Å².